The Labute approximate surface area is 84.0 Å². The number of aryl methyl sites for hydroxylation is 2. The van der Waals surface area contributed by atoms with Crippen molar-refractivity contribution in [1.82, 2.24) is 9.97 Å². The van der Waals surface area contributed by atoms with Gasteiger partial charge in [0.05, 0.1) is 5.71 Å². The molecule has 0 spiro atoms. The van der Waals surface area contributed by atoms with Crippen LogP contribution in [0.2, 0.25) is 0 Å². The highest BCUT2D eigenvalue weighted by Gasteiger charge is 1.99. The minimum absolute atomic E-state index is 0.315. The fourth-order valence-electron chi connectivity index (χ4n) is 0.918. The summed E-state index contributed by atoms with van der Waals surface area (Å²) in [6.45, 7) is 7.73. The molecule has 0 aliphatic rings. The zero-order valence-electron chi connectivity index (χ0n) is 9.03. The maximum Gasteiger partial charge on any atom is 0.346 e. The summed E-state index contributed by atoms with van der Waals surface area (Å²) in [5.74, 6) is 0. The van der Waals surface area contributed by atoms with E-state index in [2.05, 4.69) is 15.1 Å². The van der Waals surface area contributed by atoms with Gasteiger partial charge in [0.2, 0.25) is 0 Å². The first-order chi connectivity index (χ1) is 6.61. The van der Waals surface area contributed by atoms with Crippen molar-refractivity contribution < 1.29 is 4.84 Å². The first-order valence-corrected chi connectivity index (χ1v) is 4.64. The SMILES string of the molecule is CCC(C)=NOc1nc(C)cc(C)n1. The summed E-state index contributed by atoms with van der Waals surface area (Å²) in [7, 11) is 0. The normalized spacial score (nSPS) is 11.6. The third kappa shape index (κ3) is 3.12. The van der Waals surface area contributed by atoms with Crippen LogP contribution in [0.5, 0.6) is 6.01 Å². The zero-order valence-corrected chi connectivity index (χ0v) is 9.03. The number of rotatable bonds is 3. The highest BCUT2D eigenvalue weighted by atomic mass is 16.6. The van der Waals surface area contributed by atoms with Crippen molar-refractivity contribution in [3.63, 3.8) is 0 Å². The predicted octanol–water partition coefficient (Wildman–Crippen LogP) is 2.26. The topological polar surface area (TPSA) is 47.4 Å². The van der Waals surface area contributed by atoms with Crippen molar-refractivity contribution in [3.8, 4) is 6.01 Å². The molecule has 1 aromatic rings. The van der Waals surface area contributed by atoms with Gasteiger partial charge < -0.3 is 4.84 Å². The van der Waals surface area contributed by atoms with Gasteiger partial charge in [0.1, 0.15) is 0 Å². The van der Waals surface area contributed by atoms with Crippen LogP contribution < -0.4 is 4.84 Å². The van der Waals surface area contributed by atoms with Crippen molar-refractivity contribution in [2.45, 2.75) is 34.1 Å². The van der Waals surface area contributed by atoms with Gasteiger partial charge in [-0.3, -0.25) is 0 Å². The lowest BCUT2D eigenvalue weighted by molar-refractivity contribution is 0.310. The van der Waals surface area contributed by atoms with Crippen LogP contribution in [0.25, 0.3) is 0 Å². The van der Waals surface area contributed by atoms with Crippen LogP contribution in [0, 0.1) is 13.8 Å². The number of oxime groups is 1. The molecule has 1 heterocycles. The third-order valence-corrected chi connectivity index (χ3v) is 1.76. The van der Waals surface area contributed by atoms with Gasteiger partial charge in [0.25, 0.3) is 0 Å². The van der Waals surface area contributed by atoms with Gasteiger partial charge in [-0.2, -0.15) is 9.97 Å². The van der Waals surface area contributed by atoms with E-state index in [9.17, 15) is 0 Å². The quantitative estimate of drug-likeness (QED) is 0.546. The van der Waals surface area contributed by atoms with E-state index in [0.29, 0.717) is 6.01 Å². The van der Waals surface area contributed by atoms with Gasteiger partial charge in [0.15, 0.2) is 0 Å². The number of hydrogen-bond donors (Lipinski definition) is 0. The van der Waals surface area contributed by atoms with Crippen molar-refractivity contribution in [2.24, 2.45) is 5.16 Å². The van der Waals surface area contributed by atoms with Gasteiger partial charge in [-0.1, -0.05) is 12.1 Å². The zero-order chi connectivity index (χ0) is 10.6. The lowest BCUT2D eigenvalue weighted by Crippen LogP contribution is -1.98. The molecule has 76 valence electrons. The molecule has 0 atom stereocenters. The summed E-state index contributed by atoms with van der Waals surface area (Å²) >= 11 is 0. The molecular formula is C10H15N3O. The second kappa shape index (κ2) is 4.69. The van der Waals surface area contributed by atoms with Gasteiger partial charge in [0, 0.05) is 11.4 Å². The fourth-order valence-corrected chi connectivity index (χ4v) is 0.918. The number of aromatic nitrogens is 2. The average molecular weight is 193 g/mol. The molecule has 0 radical (unpaired) electrons. The van der Waals surface area contributed by atoms with E-state index >= 15 is 0 Å². The van der Waals surface area contributed by atoms with Crippen LogP contribution in [0.15, 0.2) is 11.2 Å². The Morgan fingerprint density at radius 2 is 1.93 bits per heavy atom. The Bertz CT molecular complexity index is 327. The van der Waals surface area contributed by atoms with E-state index in [1.165, 1.54) is 0 Å². The lowest BCUT2D eigenvalue weighted by atomic mass is 10.3. The van der Waals surface area contributed by atoms with Crippen molar-refractivity contribution in [2.75, 3.05) is 0 Å². The molecule has 0 bridgehead atoms. The minimum Gasteiger partial charge on any atom is -0.315 e. The maximum atomic E-state index is 5.09. The molecule has 4 nitrogen and oxygen atoms in total. The van der Waals surface area contributed by atoms with Gasteiger partial charge >= 0.3 is 6.01 Å². The van der Waals surface area contributed by atoms with E-state index in [4.69, 9.17) is 4.84 Å². The minimum atomic E-state index is 0.315. The molecule has 0 saturated carbocycles. The first kappa shape index (κ1) is 10.6. The molecule has 0 fully saturated rings. The molecule has 1 aromatic heterocycles. The Morgan fingerprint density at radius 1 is 1.36 bits per heavy atom. The summed E-state index contributed by atoms with van der Waals surface area (Å²) in [5.41, 5.74) is 2.70. The molecule has 0 amide bonds. The predicted molar refractivity (Wildman–Crippen MR) is 55.5 cm³/mol. The van der Waals surface area contributed by atoms with E-state index < -0.39 is 0 Å². The molecule has 0 unspecified atom stereocenters. The molecule has 0 saturated heterocycles. The lowest BCUT2D eigenvalue weighted by Gasteiger charge is -2.00. The van der Waals surface area contributed by atoms with E-state index in [1.807, 2.05) is 33.8 Å². The Hall–Kier alpha value is -1.45. The molecule has 0 aliphatic carbocycles. The number of nitrogens with zero attached hydrogens (tertiary/aromatic N) is 3. The Morgan fingerprint density at radius 3 is 2.43 bits per heavy atom. The molecule has 0 aromatic carbocycles. The largest absolute Gasteiger partial charge is 0.346 e. The highest BCUT2D eigenvalue weighted by molar-refractivity contribution is 5.80. The van der Waals surface area contributed by atoms with Crippen LogP contribution >= 0.6 is 0 Å². The van der Waals surface area contributed by atoms with Gasteiger partial charge in [-0.15, -0.1) is 0 Å². The first-order valence-electron chi connectivity index (χ1n) is 4.64. The van der Waals surface area contributed by atoms with Crippen molar-refractivity contribution >= 4 is 5.71 Å². The molecule has 0 N–H and O–H groups in total. The summed E-state index contributed by atoms with van der Waals surface area (Å²) < 4.78 is 0. The molecule has 0 aliphatic heterocycles. The van der Waals surface area contributed by atoms with Crippen LogP contribution in [0.4, 0.5) is 0 Å². The fraction of sp³-hybridized carbons (Fsp3) is 0.500. The van der Waals surface area contributed by atoms with E-state index in [-0.39, 0.29) is 0 Å². The van der Waals surface area contributed by atoms with Crippen molar-refractivity contribution in [1.29, 1.82) is 0 Å². The van der Waals surface area contributed by atoms with Gasteiger partial charge in [-0.05, 0) is 33.3 Å². The third-order valence-electron chi connectivity index (χ3n) is 1.76. The second-order valence-electron chi connectivity index (χ2n) is 3.20. The highest BCUT2D eigenvalue weighted by Crippen LogP contribution is 2.06. The maximum absolute atomic E-state index is 5.09. The molecule has 4 heteroatoms. The Kier molecular flexibility index (Phi) is 3.56. The molecule has 14 heavy (non-hydrogen) atoms. The Balaban J connectivity index is 2.77. The molecule has 1 rings (SSSR count). The van der Waals surface area contributed by atoms with Crippen LogP contribution in [-0.2, 0) is 0 Å². The van der Waals surface area contributed by atoms with Crippen LogP contribution in [-0.4, -0.2) is 15.7 Å². The monoisotopic (exact) mass is 193 g/mol. The summed E-state index contributed by atoms with van der Waals surface area (Å²) in [5, 5.41) is 3.89. The summed E-state index contributed by atoms with van der Waals surface area (Å²) in [6.07, 6.45) is 0.866. The summed E-state index contributed by atoms with van der Waals surface area (Å²) in [4.78, 5) is 13.3. The summed E-state index contributed by atoms with van der Waals surface area (Å²) in [6, 6.07) is 2.21. The van der Waals surface area contributed by atoms with Crippen LogP contribution in [0.3, 0.4) is 0 Å². The van der Waals surface area contributed by atoms with E-state index in [0.717, 1.165) is 23.5 Å². The standard InChI is InChI=1S/C10H15N3O/c1-5-7(2)13-14-10-11-8(3)6-9(4)12-10/h6H,5H2,1-4H3. The van der Waals surface area contributed by atoms with Crippen LogP contribution in [0.1, 0.15) is 31.7 Å². The van der Waals surface area contributed by atoms with Gasteiger partial charge in [-0.25, -0.2) is 0 Å². The molecular weight excluding hydrogens is 178 g/mol. The average Bonchev–Trinajstić information content (AvgIpc) is 2.12. The number of hydrogen-bond acceptors (Lipinski definition) is 4. The van der Waals surface area contributed by atoms with Crippen molar-refractivity contribution in [3.05, 3.63) is 17.5 Å². The second-order valence-corrected chi connectivity index (χ2v) is 3.20. The van der Waals surface area contributed by atoms with E-state index in [1.54, 1.807) is 0 Å². The smallest absolute Gasteiger partial charge is 0.315 e.